The molecule has 0 radical (unpaired) electrons. The Morgan fingerprint density at radius 2 is 2.29 bits per heavy atom. The maximum Gasteiger partial charge on any atom is 0.333 e. The van der Waals surface area contributed by atoms with Crippen molar-refractivity contribution in [2.24, 2.45) is 0 Å². The van der Waals surface area contributed by atoms with E-state index in [2.05, 4.69) is 6.58 Å². The van der Waals surface area contributed by atoms with Crippen molar-refractivity contribution >= 4 is 5.97 Å². The van der Waals surface area contributed by atoms with E-state index in [9.17, 15) is 4.79 Å². The average Bonchev–Trinajstić information content (AvgIpc) is 2.19. The Bertz CT molecular complexity index is 228. The zero-order chi connectivity index (χ0) is 10.6. The highest BCUT2D eigenvalue weighted by atomic mass is 17.2. The summed E-state index contributed by atoms with van der Waals surface area (Å²) >= 11 is 0. The van der Waals surface area contributed by atoms with E-state index in [-0.39, 0.29) is 5.97 Å². The van der Waals surface area contributed by atoms with Crippen LogP contribution in [0.4, 0.5) is 0 Å². The third-order valence-electron chi connectivity index (χ3n) is 2.35. The lowest BCUT2D eigenvalue weighted by atomic mass is 9.97. The maximum absolute atomic E-state index is 11.4. The largest absolute Gasteiger partial charge is 0.453 e. The smallest absolute Gasteiger partial charge is 0.333 e. The monoisotopic (exact) mass is 200 g/mol. The second kappa shape index (κ2) is 4.57. The lowest BCUT2D eigenvalue weighted by molar-refractivity contribution is -0.349. The van der Waals surface area contributed by atoms with Crippen LogP contribution in [-0.4, -0.2) is 24.8 Å². The first kappa shape index (κ1) is 11.2. The fourth-order valence-electron chi connectivity index (χ4n) is 1.22. The van der Waals surface area contributed by atoms with Gasteiger partial charge in [-0.2, -0.15) is 0 Å². The highest BCUT2D eigenvalue weighted by Crippen LogP contribution is 2.25. The first-order chi connectivity index (χ1) is 6.59. The summed E-state index contributed by atoms with van der Waals surface area (Å²) in [5, 5.41) is 0. The van der Waals surface area contributed by atoms with Crippen LogP contribution in [-0.2, 0) is 19.3 Å². The number of esters is 1. The van der Waals surface area contributed by atoms with E-state index in [0.29, 0.717) is 25.2 Å². The first-order valence-electron chi connectivity index (χ1n) is 4.73. The molecule has 1 aliphatic rings. The molecule has 0 spiro atoms. The number of ether oxygens (including phenoxy) is 1. The number of carbonyl (C=O) groups excluding carboxylic acids is 1. The molecular formula is C10H16O4. The van der Waals surface area contributed by atoms with Gasteiger partial charge in [0.25, 0.3) is 0 Å². The zero-order valence-electron chi connectivity index (χ0n) is 8.67. The van der Waals surface area contributed by atoms with Crippen LogP contribution < -0.4 is 0 Å². The Balaban J connectivity index is 2.60. The molecule has 1 aliphatic heterocycles. The van der Waals surface area contributed by atoms with Gasteiger partial charge >= 0.3 is 5.97 Å². The Kier molecular flexibility index (Phi) is 3.66. The van der Waals surface area contributed by atoms with Crippen molar-refractivity contribution < 1.29 is 19.3 Å². The van der Waals surface area contributed by atoms with Crippen LogP contribution in [0.1, 0.15) is 26.7 Å². The summed E-state index contributed by atoms with van der Waals surface area (Å²) in [6.45, 7) is 7.88. The van der Waals surface area contributed by atoms with E-state index in [1.54, 1.807) is 6.92 Å². The topological polar surface area (TPSA) is 44.8 Å². The van der Waals surface area contributed by atoms with Crippen LogP contribution in [0.2, 0.25) is 0 Å². The summed E-state index contributed by atoms with van der Waals surface area (Å²) in [7, 11) is 0. The van der Waals surface area contributed by atoms with E-state index in [4.69, 9.17) is 14.5 Å². The molecule has 0 saturated carbocycles. The molecule has 4 nitrogen and oxygen atoms in total. The predicted molar refractivity (Wildman–Crippen MR) is 50.4 cm³/mol. The van der Waals surface area contributed by atoms with E-state index in [0.717, 1.165) is 6.42 Å². The molecule has 0 bridgehead atoms. The maximum atomic E-state index is 11.4. The molecule has 1 atom stereocenters. The number of hydrogen-bond donors (Lipinski definition) is 0. The summed E-state index contributed by atoms with van der Waals surface area (Å²) in [6, 6.07) is 0. The normalized spacial score (nSPS) is 27.0. The van der Waals surface area contributed by atoms with Gasteiger partial charge in [0.05, 0.1) is 6.61 Å². The summed E-state index contributed by atoms with van der Waals surface area (Å²) in [5.74, 6) is -0.364. The fourth-order valence-corrected chi connectivity index (χ4v) is 1.22. The molecule has 14 heavy (non-hydrogen) atoms. The molecule has 1 heterocycles. The molecular weight excluding hydrogens is 184 g/mol. The Morgan fingerprint density at radius 3 is 2.71 bits per heavy atom. The third kappa shape index (κ3) is 2.56. The lowest BCUT2D eigenvalue weighted by Crippen LogP contribution is -2.43. The molecule has 0 aliphatic carbocycles. The zero-order valence-corrected chi connectivity index (χ0v) is 8.67. The molecule has 0 aromatic carbocycles. The highest BCUT2D eigenvalue weighted by molar-refractivity contribution is 5.87. The van der Waals surface area contributed by atoms with Crippen LogP contribution >= 0.6 is 0 Å². The standard InChI is InChI=1S/C10H16O4/c1-4-10(5-6-12-13-7-10)14-9(11)8(2)3/h2,4-7H2,1,3H3. The molecule has 0 aromatic heterocycles. The minimum absolute atomic E-state index is 0.294. The van der Waals surface area contributed by atoms with Gasteiger partial charge in [-0.05, 0) is 13.3 Å². The second-order valence-corrected chi connectivity index (χ2v) is 3.54. The summed E-state index contributed by atoms with van der Waals surface area (Å²) in [5.41, 5.74) is -0.127. The minimum atomic E-state index is -0.533. The SMILES string of the molecule is C=C(C)C(=O)OC1(CC)CCOOC1. The van der Waals surface area contributed by atoms with Gasteiger partial charge in [-0.25, -0.2) is 14.6 Å². The van der Waals surface area contributed by atoms with Crippen molar-refractivity contribution in [2.45, 2.75) is 32.3 Å². The van der Waals surface area contributed by atoms with Crippen LogP contribution in [0.25, 0.3) is 0 Å². The second-order valence-electron chi connectivity index (χ2n) is 3.54. The van der Waals surface area contributed by atoms with Crippen LogP contribution in [0.15, 0.2) is 12.2 Å². The molecule has 1 rings (SSSR count). The first-order valence-corrected chi connectivity index (χ1v) is 4.73. The van der Waals surface area contributed by atoms with E-state index >= 15 is 0 Å². The Labute approximate surface area is 83.8 Å². The summed E-state index contributed by atoms with van der Waals surface area (Å²) in [4.78, 5) is 21.0. The van der Waals surface area contributed by atoms with E-state index in [1.165, 1.54) is 0 Å². The summed E-state index contributed by atoms with van der Waals surface area (Å²) in [6.07, 6.45) is 1.39. The molecule has 0 N–H and O–H groups in total. The molecule has 1 unspecified atom stereocenters. The highest BCUT2D eigenvalue weighted by Gasteiger charge is 2.36. The lowest BCUT2D eigenvalue weighted by Gasteiger charge is -2.34. The van der Waals surface area contributed by atoms with Gasteiger partial charge in [0.15, 0.2) is 0 Å². The van der Waals surface area contributed by atoms with E-state index < -0.39 is 5.60 Å². The Hall–Kier alpha value is -0.870. The van der Waals surface area contributed by atoms with E-state index in [1.807, 2.05) is 6.92 Å². The molecule has 80 valence electrons. The van der Waals surface area contributed by atoms with Crippen molar-refractivity contribution in [1.82, 2.24) is 0 Å². The molecule has 4 heteroatoms. The number of hydrogen-bond acceptors (Lipinski definition) is 4. The van der Waals surface area contributed by atoms with Crippen molar-refractivity contribution in [3.63, 3.8) is 0 Å². The summed E-state index contributed by atoms with van der Waals surface area (Å²) < 4.78 is 5.35. The van der Waals surface area contributed by atoms with Gasteiger partial charge in [0.1, 0.15) is 12.2 Å². The molecule has 0 aromatic rings. The van der Waals surface area contributed by atoms with Crippen molar-refractivity contribution in [1.29, 1.82) is 0 Å². The van der Waals surface area contributed by atoms with Gasteiger partial charge in [0.2, 0.25) is 0 Å². The van der Waals surface area contributed by atoms with Crippen LogP contribution in [0.5, 0.6) is 0 Å². The van der Waals surface area contributed by atoms with Crippen LogP contribution in [0, 0.1) is 0 Å². The van der Waals surface area contributed by atoms with Gasteiger partial charge < -0.3 is 4.74 Å². The van der Waals surface area contributed by atoms with Crippen molar-refractivity contribution in [3.8, 4) is 0 Å². The third-order valence-corrected chi connectivity index (χ3v) is 2.35. The molecule has 0 amide bonds. The van der Waals surface area contributed by atoms with Gasteiger partial charge in [0, 0.05) is 12.0 Å². The predicted octanol–water partition coefficient (Wildman–Crippen LogP) is 1.61. The Morgan fingerprint density at radius 1 is 1.57 bits per heavy atom. The average molecular weight is 200 g/mol. The van der Waals surface area contributed by atoms with Gasteiger partial charge in [-0.3, -0.25) is 0 Å². The molecule has 1 fully saturated rings. The van der Waals surface area contributed by atoms with Crippen LogP contribution in [0.3, 0.4) is 0 Å². The fraction of sp³-hybridized carbons (Fsp3) is 0.700. The quantitative estimate of drug-likeness (QED) is 0.394. The number of carbonyl (C=O) groups is 1. The number of rotatable bonds is 3. The van der Waals surface area contributed by atoms with Crippen molar-refractivity contribution in [3.05, 3.63) is 12.2 Å². The van der Waals surface area contributed by atoms with Crippen molar-refractivity contribution in [2.75, 3.05) is 13.2 Å². The van der Waals surface area contributed by atoms with Gasteiger partial charge in [-0.15, -0.1) is 0 Å². The van der Waals surface area contributed by atoms with Gasteiger partial charge in [-0.1, -0.05) is 13.5 Å². The molecule has 1 saturated heterocycles. The minimum Gasteiger partial charge on any atom is -0.453 e.